The highest BCUT2D eigenvalue weighted by molar-refractivity contribution is 7.92. The number of hydrogen-bond acceptors (Lipinski definition) is 9. The molecule has 0 aliphatic rings. The maximum Gasteiger partial charge on any atom is 0.230 e. The van der Waals surface area contributed by atoms with Gasteiger partial charge in [0.1, 0.15) is 11.6 Å². The molecule has 12 nitrogen and oxygen atoms in total. The summed E-state index contributed by atoms with van der Waals surface area (Å²) in [6.07, 6.45) is 8.17. The molecule has 6 rings (SSSR count). The minimum atomic E-state index is -3.43. The second kappa shape index (κ2) is 15.3. The molecule has 6 aromatic rings. The third-order valence-electron chi connectivity index (χ3n) is 8.90. The lowest BCUT2D eigenvalue weighted by molar-refractivity contribution is 0.606. The number of nitrogens with one attached hydrogen (secondary N) is 2. The Balaban J connectivity index is 1.42. The Morgan fingerprint density at radius 3 is 1.51 bits per heavy atom. The molecule has 0 saturated heterocycles. The van der Waals surface area contributed by atoms with Gasteiger partial charge in [0.2, 0.25) is 10.0 Å². The van der Waals surface area contributed by atoms with Crippen molar-refractivity contribution >= 4 is 21.7 Å². The van der Waals surface area contributed by atoms with Crippen LogP contribution in [0.1, 0.15) is 74.7 Å². The van der Waals surface area contributed by atoms with E-state index in [4.69, 9.17) is 20.2 Å². The molecular weight excluding hydrogens is 685 g/mol. The summed E-state index contributed by atoms with van der Waals surface area (Å²) >= 11 is 0. The van der Waals surface area contributed by atoms with E-state index in [1.54, 1.807) is 12.3 Å². The van der Waals surface area contributed by atoms with Crippen molar-refractivity contribution in [3.63, 3.8) is 0 Å². The largest absolute Gasteiger partial charge is 0.368 e. The number of aromatic nitrogens is 8. The van der Waals surface area contributed by atoms with E-state index in [1.807, 2.05) is 54.5 Å². The van der Waals surface area contributed by atoms with Crippen LogP contribution in [0.4, 0.5) is 11.6 Å². The molecule has 0 spiro atoms. The van der Waals surface area contributed by atoms with Crippen LogP contribution in [0.3, 0.4) is 0 Å². The van der Waals surface area contributed by atoms with Gasteiger partial charge in [0.15, 0.2) is 0 Å². The predicted molar refractivity (Wildman–Crippen MR) is 212 cm³/mol. The normalized spacial score (nSPS) is 11.7. The molecule has 0 radical (unpaired) electrons. The van der Waals surface area contributed by atoms with Gasteiger partial charge in [0, 0.05) is 63.5 Å². The van der Waals surface area contributed by atoms with Crippen LogP contribution in [0.5, 0.6) is 0 Å². The van der Waals surface area contributed by atoms with E-state index in [9.17, 15) is 8.42 Å². The zero-order valence-electron chi connectivity index (χ0n) is 32.0. The number of pyridine rings is 4. The minimum absolute atomic E-state index is 0.265. The molecule has 0 fully saturated rings. The standard InChI is InChI=1S/C40H48N10O2S/c1-10-12-31-18-33(49-27(7)39(25(5)46-49)29-14-16-37(41-22-29)43-24(3)4)20-35(44-31)36-21-34(19-32(45-36)13-11-2)50-28(8)40(26(6)47-50)30-15-17-38(42-23-30)48-53(9,51)52/h14-24H,10-13H2,1-9H3,(H,41,43)(H,42,48). The van der Waals surface area contributed by atoms with Gasteiger partial charge < -0.3 is 5.32 Å². The summed E-state index contributed by atoms with van der Waals surface area (Å²) in [7, 11) is -3.43. The van der Waals surface area contributed by atoms with Crippen LogP contribution >= 0.6 is 0 Å². The van der Waals surface area contributed by atoms with E-state index < -0.39 is 10.0 Å². The molecular formula is C40H48N10O2S. The number of hydrogen-bond donors (Lipinski definition) is 2. The van der Waals surface area contributed by atoms with Gasteiger partial charge >= 0.3 is 0 Å². The SMILES string of the molecule is CCCc1cc(-n2nc(C)c(-c3ccc(NC(C)C)nc3)c2C)cc(-c2cc(-n3nc(C)c(-c4ccc(NS(C)(=O)=O)nc4)c3C)cc(CCC)n2)n1. The van der Waals surface area contributed by atoms with Crippen LogP contribution in [-0.2, 0) is 22.9 Å². The summed E-state index contributed by atoms with van der Waals surface area (Å²) in [5.74, 6) is 1.11. The first kappa shape index (κ1) is 37.3. The Hall–Kier alpha value is -5.43. The van der Waals surface area contributed by atoms with Crippen molar-refractivity contribution in [3.05, 3.63) is 95.1 Å². The topological polar surface area (TPSA) is 145 Å². The summed E-state index contributed by atoms with van der Waals surface area (Å²) in [5, 5.41) is 13.3. The van der Waals surface area contributed by atoms with Crippen LogP contribution in [0.15, 0.2) is 60.9 Å². The highest BCUT2D eigenvalue weighted by Crippen LogP contribution is 2.33. The van der Waals surface area contributed by atoms with Gasteiger partial charge in [-0.05, 0) is 103 Å². The molecule has 276 valence electrons. The van der Waals surface area contributed by atoms with E-state index in [0.717, 1.165) is 117 Å². The average molecular weight is 733 g/mol. The molecule has 6 aromatic heterocycles. The number of sulfonamides is 1. The monoisotopic (exact) mass is 732 g/mol. The lowest BCUT2D eigenvalue weighted by Gasteiger charge is -2.14. The Morgan fingerprint density at radius 1 is 0.679 bits per heavy atom. The molecule has 0 amide bonds. The fraction of sp³-hybridized carbons (Fsp3) is 0.350. The Kier molecular flexibility index (Phi) is 10.8. The summed E-state index contributed by atoms with van der Waals surface area (Å²) in [6.45, 7) is 16.6. The van der Waals surface area contributed by atoms with Gasteiger partial charge in [0.25, 0.3) is 0 Å². The fourth-order valence-corrected chi connectivity index (χ4v) is 7.26. The van der Waals surface area contributed by atoms with Crippen molar-refractivity contribution in [2.45, 2.75) is 87.1 Å². The molecule has 0 saturated carbocycles. The van der Waals surface area contributed by atoms with Crippen molar-refractivity contribution in [1.29, 1.82) is 0 Å². The second-order valence-corrected chi connectivity index (χ2v) is 15.6. The molecule has 0 aromatic carbocycles. The molecule has 2 N–H and O–H groups in total. The highest BCUT2D eigenvalue weighted by Gasteiger charge is 2.20. The molecule has 0 aliphatic carbocycles. The van der Waals surface area contributed by atoms with Crippen molar-refractivity contribution in [3.8, 4) is 45.0 Å². The maximum atomic E-state index is 11.7. The van der Waals surface area contributed by atoms with Crippen LogP contribution < -0.4 is 10.0 Å². The zero-order chi connectivity index (χ0) is 38.0. The minimum Gasteiger partial charge on any atom is -0.368 e. The summed E-state index contributed by atoms with van der Waals surface area (Å²) in [6, 6.07) is 16.3. The molecule has 0 atom stereocenters. The van der Waals surface area contributed by atoms with Crippen LogP contribution in [0.2, 0.25) is 0 Å². The molecule has 6 heterocycles. The van der Waals surface area contributed by atoms with Crippen molar-refractivity contribution in [1.82, 2.24) is 39.5 Å². The molecule has 13 heteroatoms. The van der Waals surface area contributed by atoms with Gasteiger partial charge in [-0.1, -0.05) is 26.7 Å². The average Bonchev–Trinajstić information content (AvgIpc) is 3.57. The first-order valence-corrected chi connectivity index (χ1v) is 20.0. The first-order valence-electron chi connectivity index (χ1n) is 18.1. The zero-order valence-corrected chi connectivity index (χ0v) is 32.8. The van der Waals surface area contributed by atoms with E-state index in [0.29, 0.717) is 6.04 Å². The van der Waals surface area contributed by atoms with Crippen LogP contribution in [-0.4, -0.2) is 60.2 Å². The number of aryl methyl sites for hydroxylation is 4. The Morgan fingerprint density at radius 2 is 1.13 bits per heavy atom. The van der Waals surface area contributed by atoms with E-state index in [1.165, 1.54) is 0 Å². The summed E-state index contributed by atoms with van der Waals surface area (Å²) < 4.78 is 29.8. The molecule has 53 heavy (non-hydrogen) atoms. The summed E-state index contributed by atoms with van der Waals surface area (Å²) in [5.41, 5.74) is 12.8. The molecule has 0 aliphatic heterocycles. The van der Waals surface area contributed by atoms with E-state index in [2.05, 4.69) is 78.9 Å². The Labute approximate surface area is 312 Å². The van der Waals surface area contributed by atoms with Gasteiger partial charge in [-0.3, -0.25) is 14.7 Å². The van der Waals surface area contributed by atoms with Crippen molar-refractivity contribution in [2.75, 3.05) is 16.3 Å². The highest BCUT2D eigenvalue weighted by atomic mass is 32.2. The van der Waals surface area contributed by atoms with Gasteiger partial charge in [-0.2, -0.15) is 10.2 Å². The van der Waals surface area contributed by atoms with Gasteiger partial charge in [0.05, 0.1) is 40.4 Å². The fourth-order valence-electron chi connectivity index (χ4n) is 6.76. The van der Waals surface area contributed by atoms with E-state index in [-0.39, 0.29) is 5.82 Å². The molecule has 0 bridgehead atoms. The lowest BCUT2D eigenvalue weighted by atomic mass is 10.1. The molecule has 0 unspecified atom stereocenters. The van der Waals surface area contributed by atoms with Crippen molar-refractivity contribution in [2.24, 2.45) is 0 Å². The Bertz CT molecular complexity index is 2360. The third-order valence-corrected chi connectivity index (χ3v) is 9.48. The maximum absolute atomic E-state index is 11.7. The number of anilines is 2. The second-order valence-electron chi connectivity index (χ2n) is 13.9. The first-order chi connectivity index (χ1) is 25.2. The van der Waals surface area contributed by atoms with Gasteiger partial charge in [-0.25, -0.2) is 27.7 Å². The smallest absolute Gasteiger partial charge is 0.230 e. The van der Waals surface area contributed by atoms with Crippen LogP contribution in [0, 0.1) is 27.7 Å². The predicted octanol–water partition coefficient (Wildman–Crippen LogP) is 7.97. The quantitative estimate of drug-likeness (QED) is 0.121. The van der Waals surface area contributed by atoms with Crippen LogP contribution in [0.25, 0.3) is 45.0 Å². The van der Waals surface area contributed by atoms with E-state index >= 15 is 0 Å². The summed E-state index contributed by atoms with van der Waals surface area (Å²) in [4.78, 5) is 19.2. The van der Waals surface area contributed by atoms with Crippen molar-refractivity contribution < 1.29 is 8.42 Å². The number of rotatable bonds is 13. The number of nitrogens with zero attached hydrogens (tertiary/aromatic N) is 8. The lowest BCUT2D eigenvalue weighted by Crippen LogP contribution is -2.10. The third kappa shape index (κ3) is 8.30. The van der Waals surface area contributed by atoms with Gasteiger partial charge in [-0.15, -0.1) is 0 Å².